The Bertz CT molecular complexity index is 1130. The molecule has 32 heavy (non-hydrogen) atoms. The summed E-state index contributed by atoms with van der Waals surface area (Å²) in [6.45, 7) is 2.73. The van der Waals surface area contributed by atoms with Crippen LogP contribution in [0.5, 0.6) is 0 Å². The summed E-state index contributed by atoms with van der Waals surface area (Å²) in [6, 6.07) is 16.3. The van der Waals surface area contributed by atoms with Gasteiger partial charge >= 0.3 is 12.1 Å². The molecule has 2 unspecified atom stereocenters. The van der Waals surface area contributed by atoms with Gasteiger partial charge in [-0.2, -0.15) is 10.3 Å². The fraction of sp³-hybridized carbons (Fsp3) is 0.333. The first-order valence-corrected chi connectivity index (χ1v) is 10.9. The molecule has 2 atom stereocenters. The molecule has 1 amide bonds. The summed E-state index contributed by atoms with van der Waals surface area (Å²) in [7, 11) is 0. The Balaban J connectivity index is 1.33. The molecule has 8 nitrogen and oxygen atoms in total. The molecule has 164 valence electrons. The van der Waals surface area contributed by atoms with Gasteiger partial charge in [-0.1, -0.05) is 55.5 Å². The van der Waals surface area contributed by atoms with Crippen molar-refractivity contribution in [3.8, 4) is 11.1 Å². The molecule has 2 heterocycles. The smallest absolute Gasteiger partial charge is 0.410 e. The van der Waals surface area contributed by atoms with Gasteiger partial charge in [-0.25, -0.2) is 9.59 Å². The van der Waals surface area contributed by atoms with Crippen molar-refractivity contribution in [1.29, 1.82) is 0 Å². The van der Waals surface area contributed by atoms with Crippen LogP contribution >= 0.6 is 0 Å². The number of likely N-dealkylation sites (tertiary alicyclic amines) is 1. The summed E-state index contributed by atoms with van der Waals surface area (Å²) in [5.41, 5.74) is 5.03. The average molecular weight is 432 g/mol. The molecule has 5 rings (SSSR count). The molecule has 1 saturated heterocycles. The van der Waals surface area contributed by atoms with Gasteiger partial charge in [-0.15, -0.1) is 5.10 Å². The van der Waals surface area contributed by atoms with Gasteiger partial charge in [-0.3, -0.25) is 0 Å². The van der Waals surface area contributed by atoms with Crippen LogP contribution in [0.25, 0.3) is 11.1 Å². The second-order valence-electron chi connectivity index (χ2n) is 8.23. The third-order valence-corrected chi connectivity index (χ3v) is 6.66. The number of ether oxygens (including phenoxy) is 1. The van der Waals surface area contributed by atoms with Crippen LogP contribution in [0.2, 0.25) is 0 Å². The van der Waals surface area contributed by atoms with E-state index in [1.54, 1.807) is 4.90 Å². The number of nitrogens with one attached hydrogen (secondary N) is 1. The van der Waals surface area contributed by atoms with Crippen LogP contribution in [-0.4, -0.2) is 56.7 Å². The van der Waals surface area contributed by atoms with E-state index in [0.717, 1.165) is 0 Å². The van der Waals surface area contributed by atoms with Crippen molar-refractivity contribution >= 4 is 12.1 Å². The predicted octanol–water partition coefficient (Wildman–Crippen LogP) is 4.02. The maximum atomic E-state index is 13.1. The summed E-state index contributed by atoms with van der Waals surface area (Å²) in [5, 5.41) is 19.6. The fourth-order valence-electron chi connectivity index (χ4n) is 5.24. The highest BCUT2D eigenvalue weighted by Gasteiger charge is 2.41. The Labute approximate surface area is 185 Å². The largest absolute Gasteiger partial charge is 0.476 e. The van der Waals surface area contributed by atoms with Gasteiger partial charge in [0.05, 0.1) is 0 Å². The minimum absolute atomic E-state index is 0.000944. The first-order valence-electron chi connectivity index (χ1n) is 10.9. The minimum atomic E-state index is -1.12. The van der Waals surface area contributed by atoms with E-state index in [9.17, 15) is 14.7 Å². The van der Waals surface area contributed by atoms with Gasteiger partial charge in [-0.05, 0) is 35.1 Å². The van der Waals surface area contributed by atoms with Gasteiger partial charge in [0.25, 0.3) is 0 Å². The number of hydrogen-bond acceptors (Lipinski definition) is 5. The predicted molar refractivity (Wildman–Crippen MR) is 117 cm³/mol. The number of aromatic amines is 1. The Morgan fingerprint density at radius 1 is 1.09 bits per heavy atom. The number of hydrogen-bond donors (Lipinski definition) is 2. The van der Waals surface area contributed by atoms with Crippen molar-refractivity contribution < 1.29 is 19.4 Å². The lowest BCUT2D eigenvalue weighted by Gasteiger charge is -2.26. The summed E-state index contributed by atoms with van der Waals surface area (Å²) < 4.78 is 5.83. The number of rotatable bonds is 5. The van der Waals surface area contributed by atoms with Gasteiger partial charge in [0.15, 0.2) is 5.69 Å². The SMILES string of the molecule is CCC1C(c2n[nH]nc2C(=O)O)CCN1C(=O)OCC1c2ccccc2-c2ccccc21. The van der Waals surface area contributed by atoms with E-state index in [2.05, 4.69) is 39.7 Å². The summed E-state index contributed by atoms with van der Waals surface area (Å²) >= 11 is 0. The molecular formula is C24H24N4O4. The summed E-state index contributed by atoms with van der Waals surface area (Å²) in [5.74, 6) is -1.31. The number of carbonyl (C=O) groups is 2. The van der Waals surface area contributed by atoms with Gasteiger partial charge in [0, 0.05) is 24.4 Å². The van der Waals surface area contributed by atoms with Crippen molar-refractivity contribution in [3.05, 3.63) is 71.0 Å². The highest BCUT2D eigenvalue weighted by Crippen LogP contribution is 2.44. The standard InChI is InChI=1S/C24H24N4O4/c1-2-20-18(21-22(23(29)30)26-27-25-21)11-12-28(20)24(31)32-13-19-16-9-5-3-7-14(16)15-8-4-6-10-17(15)19/h3-10,18-20H,2,11-13H2,1H3,(H,29,30)(H,25,26,27). The number of fused-ring (bicyclic) bond motifs is 3. The van der Waals surface area contributed by atoms with E-state index in [-0.39, 0.29) is 36.3 Å². The molecule has 2 N–H and O–H groups in total. The van der Waals surface area contributed by atoms with Crippen LogP contribution in [0.15, 0.2) is 48.5 Å². The van der Waals surface area contributed by atoms with E-state index in [1.165, 1.54) is 22.3 Å². The van der Waals surface area contributed by atoms with Crippen LogP contribution in [0.4, 0.5) is 4.79 Å². The highest BCUT2D eigenvalue weighted by atomic mass is 16.6. The number of carboxylic acid groups (broad SMARTS) is 1. The Morgan fingerprint density at radius 3 is 2.38 bits per heavy atom. The third kappa shape index (κ3) is 3.23. The normalized spacial score (nSPS) is 19.6. The second-order valence-corrected chi connectivity index (χ2v) is 8.23. The molecule has 1 aromatic heterocycles. The van der Waals surface area contributed by atoms with Gasteiger partial charge < -0.3 is 14.7 Å². The highest BCUT2D eigenvalue weighted by molar-refractivity contribution is 5.86. The molecule has 3 aromatic rings. The van der Waals surface area contributed by atoms with Gasteiger partial charge in [0.2, 0.25) is 0 Å². The summed E-state index contributed by atoms with van der Waals surface area (Å²) in [4.78, 5) is 26.3. The molecule has 8 heteroatoms. The first kappa shape index (κ1) is 20.2. The second kappa shape index (κ2) is 8.11. The Kier molecular flexibility index (Phi) is 5.13. The van der Waals surface area contributed by atoms with Crippen molar-refractivity contribution in [2.45, 2.75) is 37.6 Å². The van der Waals surface area contributed by atoms with E-state index in [0.29, 0.717) is 25.1 Å². The zero-order chi connectivity index (χ0) is 22.2. The molecule has 0 radical (unpaired) electrons. The molecular weight excluding hydrogens is 408 g/mol. The number of H-pyrrole nitrogens is 1. The number of benzene rings is 2. The molecule has 1 aliphatic carbocycles. The third-order valence-electron chi connectivity index (χ3n) is 6.66. The fourth-order valence-corrected chi connectivity index (χ4v) is 5.24. The molecule has 0 saturated carbocycles. The lowest BCUT2D eigenvalue weighted by Crippen LogP contribution is -2.38. The molecule has 1 fully saturated rings. The Morgan fingerprint density at radius 2 is 1.75 bits per heavy atom. The number of amides is 1. The number of carbonyl (C=O) groups excluding carboxylic acids is 1. The van der Waals surface area contributed by atoms with Crippen molar-refractivity contribution in [3.63, 3.8) is 0 Å². The van der Waals surface area contributed by atoms with E-state index < -0.39 is 5.97 Å². The zero-order valence-corrected chi connectivity index (χ0v) is 17.7. The van der Waals surface area contributed by atoms with Crippen LogP contribution in [0.3, 0.4) is 0 Å². The lowest BCUT2D eigenvalue weighted by molar-refractivity contribution is 0.0688. The van der Waals surface area contributed by atoms with Crippen molar-refractivity contribution in [1.82, 2.24) is 20.3 Å². The quantitative estimate of drug-likeness (QED) is 0.630. The topological polar surface area (TPSA) is 108 Å². The molecule has 2 aromatic carbocycles. The van der Waals surface area contributed by atoms with Crippen molar-refractivity contribution in [2.75, 3.05) is 13.2 Å². The zero-order valence-electron chi connectivity index (χ0n) is 17.7. The number of aromatic nitrogens is 3. The number of aromatic carboxylic acids is 1. The lowest BCUT2D eigenvalue weighted by atomic mass is 9.93. The van der Waals surface area contributed by atoms with E-state index in [4.69, 9.17) is 4.74 Å². The number of nitrogens with zero attached hydrogens (tertiary/aromatic N) is 3. The monoisotopic (exact) mass is 432 g/mol. The average Bonchev–Trinajstić information content (AvgIpc) is 3.52. The molecule has 0 spiro atoms. The maximum Gasteiger partial charge on any atom is 0.410 e. The van der Waals surface area contributed by atoms with Crippen LogP contribution < -0.4 is 0 Å². The molecule has 2 aliphatic rings. The maximum absolute atomic E-state index is 13.1. The van der Waals surface area contributed by atoms with Crippen LogP contribution in [0, 0.1) is 0 Å². The summed E-state index contributed by atoms with van der Waals surface area (Å²) in [6.07, 6.45) is 0.914. The minimum Gasteiger partial charge on any atom is -0.476 e. The van der Waals surface area contributed by atoms with Crippen LogP contribution in [-0.2, 0) is 4.74 Å². The van der Waals surface area contributed by atoms with E-state index in [1.807, 2.05) is 31.2 Å². The van der Waals surface area contributed by atoms with Crippen molar-refractivity contribution in [2.24, 2.45) is 0 Å². The molecule has 0 bridgehead atoms. The van der Waals surface area contributed by atoms with Crippen LogP contribution in [0.1, 0.15) is 58.9 Å². The van der Waals surface area contributed by atoms with E-state index >= 15 is 0 Å². The molecule has 1 aliphatic heterocycles. The first-order chi connectivity index (χ1) is 15.6. The Hall–Kier alpha value is -3.68. The van der Waals surface area contributed by atoms with Gasteiger partial charge in [0.1, 0.15) is 12.3 Å². The number of carboxylic acids is 1.